The van der Waals surface area contributed by atoms with E-state index >= 15 is 0 Å². The van der Waals surface area contributed by atoms with Crippen molar-refractivity contribution in [3.05, 3.63) is 54.1 Å². The summed E-state index contributed by atoms with van der Waals surface area (Å²) in [4.78, 5) is 38.5. The molecule has 0 saturated carbocycles. The summed E-state index contributed by atoms with van der Waals surface area (Å²) in [5, 5.41) is 5.49. The Labute approximate surface area is 186 Å². The average molecular weight is 437 g/mol. The van der Waals surface area contributed by atoms with E-state index < -0.39 is 12.1 Å². The van der Waals surface area contributed by atoms with Crippen LogP contribution in [0.15, 0.2) is 48.5 Å². The van der Waals surface area contributed by atoms with E-state index in [1.165, 1.54) is 0 Å². The van der Waals surface area contributed by atoms with Gasteiger partial charge in [-0.3, -0.25) is 9.59 Å². The second-order valence-corrected chi connectivity index (χ2v) is 8.26. The minimum absolute atomic E-state index is 0.112. The van der Waals surface area contributed by atoms with Gasteiger partial charge in [0.2, 0.25) is 5.91 Å². The van der Waals surface area contributed by atoms with Crippen molar-refractivity contribution in [3.63, 3.8) is 0 Å². The molecule has 1 fully saturated rings. The van der Waals surface area contributed by atoms with Crippen LogP contribution in [0.4, 0.5) is 10.5 Å². The predicted molar refractivity (Wildman–Crippen MR) is 119 cm³/mol. The molecule has 2 aromatic rings. The minimum atomic E-state index is -0.723. The highest BCUT2D eigenvalue weighted by atomic mass is 16.6. The molecular weight excluding hydrogens is 410 g/mol. The third kappa shape index (κ3) is 4.69. The number of carbonyl (C=O) groups is 3. The maximum Gasteiger partial charge on any atom is 0.329 e. The van der Waals surface area contributed by atoms with Crippen LogP contribution in [-0.2, 0) is 9.59 Å². The second-order valence-electron chi connectivity index (χ2n) is 8.26. The molecule has 168 valence electrons. The van der Waals surface area contributed by atoms with E-state index in [1.54, 1.807) is 12.1 Å². The summed E-state index contributed by atoms with van der Waals surface area (Å²) in [6, 6.07) is 13.6. The van der Waals surface area contributed by atoms with E-state index in [-0.39, 0.29) is 30.8 Å². The summed E-state index contributed by atoms with van der Waals surface area (Å²) >= 11 is 0. The van der Waals surface area contributed by atoms with Gasteiger partial charge in [0.25, 0.3) is 5.91 Å². The molecule has 8 heteroatoms. The average Bonchev–Trinajstić information content (AvgIpc) is 3.09. The monoisotopic (exact) mass is 437 g/mol. The second kappa shape index (κ2) is 9.30. The number of benzene rings is 2. The Morgan fingerprint density at radius 2 is 1.84 bits per heavy atom. The highest BCUT2D eigenvalue weighted by molar-refractivity contribution is 6.21. The highest BCUT2D eigenvalue weighted by Gasteiger charge is 2.39. The molecule has 2 aromatic carbocycles. The maximum atomic E-state index is 12.7. The van der Waals surface area contributed by atoms with E-state index in [4.69, 9.17) is 9.47 Å². The maximum absolute atomic E-state index is 12.7. The topological polar surface area (TPSA) is 97.0 Å². The Hall–Kier alpha value is -3.55. The van der Waals surface area contributed by atoms with Gasteiger partial charge in [-0.1, -0.05) is 38.1 Å². The van der Waals surface area contributed by atoms with Crippen LogP contribution in [0.5, 0.6) is 11.5 Å². The fraction of sp³-hybridized carbons (Fsp3) is 0.375. The van der Waals surface area contributed by atoms with Crippen LogP contribution < -0.4 is 25.0 Å². The van der Waals surface area contributed by atoms with Crippen molar-refractivity contribution in [2.75, 3.05) is 18.1 Å². The number of nitrogens with one attached hydrogen (secondary N) is 2. The largest absolute Gasteiger partial charge is 0.486 e. The van der Waals surface area contributed by atoms with Crippen LogP contribution in [0.1, 0.15) is 38.2 Å². The molecule has 2 N–H and O–H groups in total. The molecule has 2 aliphatic rings. The number of hydrogen-bond donors (Lipinski definition) is 2. The number of carbonyl (C=O) groups excluding carboxylic acids is 3. The fourth-order valence-corrected chi connectivity index (χ4v) is 3.73. The number of ether oxygens (including phenoxy) is 2. The van der Waals surface area contributed by atoms with E-state index in [0.29, 0.717) is 36.3 Å². The molecule has 8 nitrogen and oxygen atoms in total. The first kappa shape index (κ1) is 21.7. The van der Waals surface area contributed by atoms with Crippen molar-refractivity contribution in [3.8, 4) is 11.5 Å². The third-order valence-electron chi connectivity index (χ3n) is 5.59. The Kier molecular flexibility index (Phi) is 6.30. The number of para-hydroxylation sites is 2. The standard InChI is InChI=1S/C24H27N3O5/c1-15(2)16-7-9-17(10-8-16)27-23(29)19(26-24(27)30)11-12-22(28)25-13-18-14-31-20-5-3-4-6-21(20)32-18/h3-10,15,18-19H,11-14H2,1-2H3,(H,25,28)(H,26,30)/t18?,19-/m0/s1. The molecule has 2 atom stereocenters. The van der Waals surface area contributed by atoms with Crippen molar-refractivity contribution >= 4 is 23.5 Å². The summed E-state index contributed by atoms with van der Waals surface area (Å²) in [6.07, 6.45) is 0.0500. The van der Waals surface area contributed by atoms with Gasteiger partial charge >= 0.3 is 6.03 Å². The smallest absolute Gasteiger partial charge is 0.329 e. The van der Waals surface area contributed by atoms with E-state index in [2.05, 4.69) is 24.5 Å². The molecular formula is C24H27N3O5. The lowest BCUT2D eigenvalue weighted by Crippen LogP contribution is -2.41. The molecule has 4 rings (SSSR count). The van der Waals surface area contributed by atoms with Crippen LogP contribution in [0.25, 0.3) is 0 Å². The molecule has 2 heterocycles. The van der Waals surface area contributed by atoms with Gasteiger partial charge in [0.15, 0.2) is 11.5 Å². The van der Waals surface area contributed by atoms with Crippen LogP contribution in [0, 0.1) is 0 Å². The van der Waals surface area contributed by atoms with E-state index in [1.807, 2.05) is 36.4 Å². The zero-order valence-corrected chi connectivity index (χ0v) is 18.2. The Morgan fingerprint density at radius 1 is 1.12 bits per heavy atom. The number of imide groups is 1. The molecule has 1 unspecified atom stereocenters. The number of nitrogens with zero attached hydrogens (tertiary/aromatic N) is 1. The number of rotatable bonds is 7. The predicted octanol–water partition coefficient (Wildman–Crippen LogP) is 2.97. The highest BCUT2D eigenvalue weighted by Crippen LogP contribution is 2.30. The van der Waals surface area contributed by atoms with Gasteiger partial charge in [-0.25, -0.2) is 9.69 Å². The lowest BCUT2D eigenvalue weighted by Gasteiger charge is -2.26. The summed E-state index contributed by atoms with van der Waals surface area (Å²) < 4.78 is 11.5. The molecule has 32 heavy (non-hydrogen) atoms. The molecule has 0 radical (unpaired) electrons. The zero-order chi connectivity index (χ0) is 22.7. The van der Waals surface area contributed by atoms with Crippen molar-refractivity contribution in [1.82, 2.24) is 10.6 Å². The Balaban J connectivity index is 1.25. The molecule has 0 aliphatic carbocycles. The third-order valence-corrected chi connectivity index (χ3v) is 5.59. The van der Waals surface area contributed by atoms with Gasteiger partial charge in [-0.15, -0.1) is 0 Å². The summed E-state index contributed by atoms with van der Waals surface area (Å²) in [5.41, 5.74) is 1.66. The number of urea groups is 1. The molecule has 1 saturated heterocycles. The van der Waals surface area contributed by atoms with Crippen LogP contribution in [-0.4, -0.2) is 43.1 Å². The van der Waals surface area contributed by atoms with Crippen LogP contribution >= 0.6 is 0 Å². The quantitative estimate of drug-likeness (QED) is 0.649. The zero-order valence-electron chi connectivity index (χ0n) is 18.2. The number of anilines is 1. The van der Waals surface area contributed by atoms with Gasteiger partial charge in [0.1, 0.15) is 18.8 Å². The van der Waals surface area contributed by atoms with E-state index in [9.17, 15) is 14.4 Å². The Morgan fingerprint density at radius 3 is 2.56 bits per heavy atom. The van der Waals surface area contributed by atoms with E-state index in [0.717, 1.165) is 10.5 Å². The molecule has 0 spiro atoms. The van der Waals surface area contributed by atoms with Gasteiger partial charge < -0.3 is 20.1 Å². The molecule has 4 amide bonds. The lowest BCUT2D eigenvalue weighted by molar-refractivity contribution is -0.122. The molecule has 2 aliphatic heterocycles. The summed E-state index contributed by atoms with van der Waals surface area (Å²) in [5.74, 6) is 1.14. The van der Waals surface area contributed by atoms with Crippen molar-refractivity contribution in [2.24, 2.45) is 0 Å². The first-order chi connectivity index (χ1) is 15.4. The SMILES string of the molecule is CC(C)c1ccc(N2C(=O)N[C@@H](CCC(=O)NCC3COc4ccccc4O3)C2=O)cc1. The molecule has 0 bridgehead atoms. The number of hydrogen-bond acceptors (Lipinski definition) is 5. The molecule has 0 aromatic heterocycles. The summed E-state index contributed by atoms with van der Waals surface area (Å²) in [7, 11) is 0. The summed E-state index contributed by atoms with van der Waals surface area (Å²) in [6.45, 7) is 4.80. The first-order valence-electron chi connectivity index (χ1n) is 10.8. The fourth-order valence-electron chi connectivity index (χ4n) is 3.73. The Bertz CT molecular complexity index is 1000. The first-order valence-corrected chi connectivity index (χ1v) is 10.8. The van der Waals surface area contributed by atoms with Crippen LogP contribution in [0.2, 0.25) is 0 Å². The normalized spacial score (nSPS) is 19.8. The van der Waals surface area contributed by atoms with Gasteiger partial charge in [0.05, 0.1) is 12.2 Å². The van der Waals surface area contributed by atoms with Crippen LogP contribution in [0.3, 0.4) is 0 Å². The van der Waals surface area contributed by atoms with Crippen molar-refractivity contribution < 1.29 is 23.9 Å². The van der Waals surface area contributed by atoms with Gasteiger partial charge in [0, 0.05) is 6.42 Å². The van der Waals surface area contributed by atoms with Crippen molar-refractivity contribution in [1.29, 1.82) is 0 Å². The minimum Gasteiger partial charge on any atom is -0.486 e. The number of amides is 4. The lowest BCUT2D eigenvalue weighted by atomic mass is 10.0. The number of fused-ring (bicyclic) bond motifs is 1. The van der Waals surface area contributed by atoms with Gasteiger partial charge in [-0.2, -0.15) is 0 Å². The van der Waals surface area contributed by atoms with Crippen molar-refractivity contribution in [2.45, 2.75) is 44.8 Å². The van der Waals surface area contributed by atoms with Gasteiger partial charge in [-0.05, 0) is 42.2 Å².